The molecule has 0 fully saturated rings. The van der Waals surface area contributed by atoms with Gasteiger partial charge in [-0.05, 0) is 30.7 Å². The third-order valence-electron chi connectivity index (χ3n) is 4.59. The van der Waals surface area contributed by atoms with Crippen molar-refractivity contribution in [1.82, 2.24) is 14.7 Å². The van der Waals surface area contributed by atoms with E-state index in [1.807, 2.05) is 0 Å². The van der Waals surface area contributed by atoms with Gasteiger partial charge in [-0.3, -0.25) is 24.5 Å². The second-order valence-electron chi connectivity index (χ2n) is 6.88. The summed E-state index contributed by atoms with van der Waals surface area (Å²) < 4.78 is 1.20. The fourth-order valence-electron chi connectivity index (χ4n) is 3.09. The van der Waals surface area contributed by atoms with Gasteiger partial charge >= 0.3 is 0 Å². The van der Waals surface area contributed by atoms with Crippen LogP contribution in [0.1, 0.15) is 32.1 Å². The Morgan fingerprint density at radius 1 is 1.16 bits per heavy atom. The van der Waals surface area contributed by atoms with Crippen molar-refractivity contribution in [2.45, 2.75) is 13.5 Å². The molecule has 1 heterocycles. The molecular formula is C21H19N5O5. The molecule has 0 bridgehead atoms. The zero-order chi connectivity index (χ0) is 22.7. The van der Waals surface area contributed by atoms with Crippen LogP contribution in [0.15, 0.2) is 59.4 Å². The van der Waals surface area contributed by atoms with E-state index in [0.29, 0.717) is 16.8 Å². The highest BCUT2D eigenvalue weighted by Gasteiger charge is 2.22. The maximum absolute atomic E-state index is 12.9. The highest BCUT2D eigenvalue weighted by atomic mass is 16.6. The normalized spacial score (nSPS) is 10.5. The van der Waals surface area contributed by atoms with Crippen molar-refractivity contribution in [2.75, 3.05) is 7.05 Å². The van der Waals surface area contributed by atoms with E-state index in [1.165, 1.54) is 40.9 Å². The molecule has 10 nitrogen and oxygen atoms in total. The first-order valence-electron chi connectivity index (χ1n) is 9.18. The summed E-state index contributed by atoms with van der Waals surface area (Å²) in [6.07, 6.45) is 0. The number of para-hydroxylation sites is 2. The Morgan fingerprint density at radius 2 is 1.87 bits per heavy atom. The molecule has 0 spiro atoms. The third-order valence-corrected chi connectivity index (χ3v) is 4.59. The number of nitrogens with two attached hydrogens (primary N) is 1. The van der Waals surface area contributed by atoms with Gasteiger partial charge in [-0.1, -0.05) is 24.3 Å². The van der Waals surface area contributed by atoms with Gasteiger partial charge < -0.3 is 10.6 Å². The molecule has 3 aromatic rings. The molecule has 3 rings (SSSR count). The number of hydrogen-bond acceptors (Lipinski definition) is 6. The van der Waals surface area contributed by atoms with E-state index in [2.05, 4.69) is 5.10 Å². The number of rotatable bonds is 6. The Kier molecular flexibility index (Phi) is 5.91. The minimum absolute atomic E-state index is 0.0977. The summed E-state index contributed by atoms with van der Waals surface area (Å²) in [5.41, 5.74) is 5.50. The van der Waals surface area contributed by atoms with Crippen LogP contribution in [0.25, 0.3) is 5.69 Å². The second kappa shape index (κ2) is 8.57. The molecule has 2 amide bonds. The summed E-state index contributed by atoms with van der Waals surface area (Å²) >= 11 is 0. The SMILES string of the molecule is Cc1cc(=O)c(C(=O)N(C)Cc2cccc(C(N)=O)c2)nn1-c1ccccc1[N+](=O)[O-]. The van der Waals surface area contributed by atoms with Crippen LogP contribution < -0.4 is 11.2 Å². The topological polar surface area (TPSA) is 141 Å². The third kappa shape index (κ3) is 4.47. The van der Waals surface area contributed by atoms with Crippen LogP contribution in [-0.4, -0.2) is 38.5 Å². The molecule has 0 unspecified atom stereocenters. The Hall–Kier alpha value is -4.34. The summed E-state index contributed by atoms with van der Waals surface area (Å²) in [5, 5.41) is 15.5. The summed E-state index contributed by atoms with van der Waals surface area (Å²) in [5.74, 6) is -1.26. The van der Waals surface area contributed by atoms with Crippen LogP contribution in [-0.2, 0) is 6.54 Å². The number of nitro benzene ring substituents is 1. The van der Waals surface area contributed by atoms with Crippen molar-refractivity contribution >= 4 is 17.5 Å². The molecule has 10 heteroatoms. The number of primary amides is 1. The first kappa shape index (κ1) is 21.4. The molecule has 2 N–H and O–H groups in total. The molecule has 0 aliphatic heterocycles. The van der Waals surface area contributed by atoms with Crippen molar-refractivity contribution in [3.8, 4) is 5.69 Å². The highest BCUT2D eigenvalue weighted by molar-refractivity contribution is 5.93. The number of nitro groups is 1. The average Bonchev–Trinajstić information content (AvgIpc) is 2.73. The van der Waals surface area contributed by atoms with E-state index in [4.69, 9.17) is 5.73 Å². The van der Waals surface area contributed by atoms with Gasteiger partial charge in [0.1, 0.15) is 5.69 Å². The molecule has 0 atom stereocenters. The van der Waals surface area contributed by atoms with Crippen LogP contribution in [0.4, 0.5) is 5.69 Å². The van der Waals surface area contributed by atoms with Crippen LogP contribution in [0.5, 0.6) is 0 Å². The Morgan fingerprint density at radius 3 is 2.55 bits per heavy atom. The van der Waals surface area contributed by atoms with Crippen molar-refractivity contribution in [3.05, 3.63) is 97.4 Å². The van der Waals surface area contributed by atoms with Gasteiger partial charge in [-0.2, -0.15) is 5.10 Å². The summed E-state index contributed by atoms with van der Waals surface area (Å²) in [4.78, 5) is 48.8. The lowest BCUT2D eigenvalue weighted by Gasteiger charge is -2.18. The molecule has 31 heavy (non-hydrogen) atoms. The number of hydrogen-bond donors (Lipinski definition) is 1. The zero-order valence-corrected chi connectivity index (χ0v) is 16.8. The Balaban J connectivity index is 1.98. The van der Waals surface area contributed by atoms with Gasteiger partial charge in [0.15, 0.2) is 5.69 Å². The van der Waals surface area contributed by atoms with Crippen LogP contribution in [0.2, 0.25) is 0 Å². The van der Waals surface area contributed by atoms with Gasteiger partial charge in [0.25, 0.3) is 11.6 Å². The van der Waals surface area contributed by atoms with Crippen LogP contribution >= 0.6 is 0 Å². The van der Waals surface area contributed by atoms with Crippen LogP contribution in [0, 0.1) is 17.0 Å². The van der Waals surface area contributed by atoms with Gasteiger partial charge in [-0.15, -0.1) is 0 Å². The monoisotopic (exact) mass is 421 g/mol. The van der Waals surface area contributed by atoms with Crippen molar-refractivity contribution < 1.29 is 14.5 Å². The largest absolute Gasteiger partial charge is 0.366 e. The molecule has 2 aromatic carbocycles. The fraction of sp³-hybridized carbons (Fsp3) is 0.143. The number of nitrogens with zero attached hydrogens (tertiary/aromatic N) is 4. The first-order chi connectivity index (χ1) is 14.7. The summed E-state index contributed by atoms with van der Waals surface area (Å²) in [6.45, 7) is 1.67. The predicted octanol–water partition coefficient (Wildman–Crippen LogP) is 1.82. The van der Waals surface area contributed by atoms with Gasteiger partial charge in [0.2, 0.25) is 11.3 Å². The summed E-state index contributed by atoms with van der Waals surface area (Å²) in [7, 11) is 1.48. The maximum atomic E-state index is 12.9. The second-order valence-corrected chi connectivity index (χ2v) is 6.88. The standard InChI is InChI=1S/C21H19N5O5/c1-13-10-18(27)19(23-25(13)16-8-3-4-9-17(16)26(30)31)21(29)24(2)12-14-6-5-7-15(11-14)20(22)28/h3-11H,12H2,1-2H3,(H2,22,28). The smallest absolute Gasteiger partial charge is 0.294 e. The fourth-order valence-corrected chi connectivity index (χ4v) is 3.09. The molecule has 0 radical (unpaired) electrons. The van der Waals surface area contributed by atoms with E-state index < -0.39 is 22.2 Å². The van der Waals surface area contributed by atoms with Gasteiger partial charge in [-0.25, -0.2) is 4.68 Å². The van der Waals surface area contributed by atoms with Crippen molar-refractivity contribution in [3.63, 3.8) is 0 Å². The number of aryl methyl sites for hydroxylation is 1. The van der Waals surface area contributed by atoms with E-state index in [0.717, 1.165) is 0 Å². The lowest BCUT2D eigenvalue weighted by molar-refractivity contribution is -0.384. The van der Waals surface area contributed by atoms with E-state index >= 15 is 0 Å². The first-order valence-corrected chi connectivity index (χ1v) is 9.18. The van der Waals surface area contributed by atoms with E-state index in [-0.39, 0.29) is 23.6 Å². The molecule has 0 saturated carbocycles. The number of carbonyl (C=O) groups is 2. The Bertz CT molecular complexity index is 1250. The molecule has 158 valence electrons. The minimum Gasteiger partial charge on any atom is -0.366 e. The molecule has 0 saturated heterocycles. The highest BCUT2D eigenvalue weighted by Crippen LogP contribution is 2.22. The number of aromatic nitrogens is 2. The van der Waals surface area contributed by atoms with E-state index in [9.17, 15) is 24.5 Å². The molecule has 0 aliphatic carbocycles. The maximum Gasteiger partial charge on any atom is 0.294 e. The lowest BCUT2D eigenvalue weighted by atomic mass is 10.1. The van der Waals surface area contributed by atoms with Crippen molar-refractivity contribution in [1.29, 1.82) is 0 Å². The zero-order valence-electron chi connectivity index (χ0n) is 16.8. The quantitative estimate of drug-likeness (QED) is 0.475. The predicted molar refractivity (Wildman–Crippen MR) is 112 cm³/mol. The number of carbonyl (C=O) groups excluding carboxylic acids is 2. The minimum atomic E-state index is -0.665. The average molecular weight is 421 g/mol. The van der Waals surface area contributed by atoms with E-state index in [1.54, 1.807) is 37.3 Å². The molecule has 0 aliphatic rings. The lowest BCUT2D eigenvalue weighted by Crippen LogP contribution is -2.33. The van der Waals surface area contributed by atoms with Crippen LogP contribution in [0.3, 0.4) is 0 Å². The Labute approximate surface area is 176 Å². The molecular weight excluding hydrogens is 402 g/mol. The van der Waals surface area contributed by atoms with Gasteiger partial charge in [0.05, 0.1) is 4.92 Å². The number of amides is 2. The van der Waals surface area contributed by atoms with Gasteiger partial charge in [0, 0.05) is 37.0 Å². The van der Waals surface area contributed by atoms with Crippen molar-refractivity contribution in [2.24, 2.45) is 5.73 Å². The summed E-state index contributed by atoms with van der Waals surface area (Å²) in [6, 6.07) is 13.6. The number of benzene rings is 2. The molecule has 1 aromatic heterocycles.